The molecule has 1 heterocycles. The van der Waals surface area contributed by atoms with Gasteiger partial charge in [-0.05, 0) is 12.1 Å². The van der Waals surface area contributed by atoms with Crippen LogP contribution in [0.25, 0.3) is 0 Å². The minimum atomic E-state index is -0.435. The highest BCUT2D eigenvalue weighted by Gasteiger charge is 2.10. The van der Waals surface area contributed by atoms with Gasteiger partial charge in [0.2, 0.25) is 5.91 Å². The Morgan fingerprint density at radius 3 is 2.93 bits per heavy atom. The van der Waals surface area contributed by atoms with Gasteiger partial charge >= 0.3 is 0 Å². The predicted octanol–water partition coefficient (Wildman–Crippen LogP) is 0.754. The van der Waals surface area contributed by atoms with Crippen molar-refractivity contribution in [3.05, 3.63) is 24.1 Å². The summed E-state index contributed by atoms with van der Waals surface area (Å²) in [6.45, 7) is 1.98. The summed E-state index contributed by atoms with van der Waals surface area (Å²) in [5, 5.41) is 2.52. The van der Waals surface area contributed by atoms with Gasteiger partial charge in [-0.25, -0.2) is 9.37 Å². The van der Waals surface area contributed by atoms with E-state index in [0.29, 0.717) is 5.82 Å². The number of amides is 1. The first-order chi connectivity index (χ1) is 6.63. The molecular weight excluding hydrogens is 185 g/mol. The van der Waals surface area contributed by atoms with Crippen molar-refractivity contribution >= 4 is 11.7 Å². The fourth-order valence-corrected chi connectivity index (χ4v) is 0.806. The average Bonchev–Trinajstić information content (AvgIpc) is 2.20. The SMILES string of the molecule is CC(CN)C(=O)Nc1ccc(F)cn1. The lowest BCUT2D eigenvalue weighted by molar-refractivity contribution is -0.119. The molecule has 1 aromatic heterocycles. The molecule has 0 saturated carbocycles. The van der Waals surface area contributed by atoms with Crippen LogP contribution in [0.5, 0.6) is 0 Å². The summed E-state index contributed by atoms with van der Waals surface area (Å²) in [6, 6.07) is 2.63. The number of carbonyl (C=O) groups excluding carboxylic acids is 1. The van der Waals surface area contributed by atoms with Crippen LogP contribution in [0.2, 0.25) is 0 Å². The number of rotatable bonds is 3. The number of hydrogen-bond acceptors (Lipinski definition) is 3. The Hall–Kier alpha value is -1.49. The van der Waals surface area contributed by atoms with Gasteiger partial charge in [-0.15, -0.1) is 0 Å². The van der Waals surface area contributed by atoms with Crippen molar-refractivity contribution in [1.29, 1.82) is 0 Å². The van der Waals surface area contributed by atoms with Crippen molar-refractivity contribution in [2.75, 3.05) is 11.9 Å². The fourth-order valence-electron chi connectivity index (χ4n) is 0.806. The van der Waals surface area contributed by atoms with Crippen LogP contribution in [-0.2, 0) is 4.79 Å². The quantitative estimate of drug-likeness (QED) is 0.751. The van der Waals surface area contributed by atoms with Gasteiger partial charge in [0, 0.05) is 12.5 Å². The van der Waals surface area contributed by atoms with E-state index >= 15 is 0 Å². The van der Waals surface area contributed by atoms with Gasteiger partial charge in [-0.3, -0.25) is 4.79 Å². The van der Waals surface area contributed by atoms with Crippen molar-refractivity contribution in [3.63, 3.8) is 0 Å². The van der Waals surface area contributed by atoms with E-state index in [9.17, 15) is 9.18 Å². The van der Waals surface area contributed by atoms with Crippen LogP contribution in [0.15, 0.2) is 18.3 Å². The summed E-state index contributed by atoms with van der Waals surface area (Å²) in [4.78, 5) is 15.0. The van der Waals surface area contributed by atoms with Crippen LogP contribution < -0.4 is 11.1 Å². The van der Waals surface area contributed by atoms with Crippen molar-refractivity contribution in [2.45, 2.75) is 6.92 Å². The minimum Gasteiger partial charge on any atom is -0.330 e. The molecule has 0 aliphatic rings. The summed E-state index contributed by atoms with van der Waals surface area (Å²) >= 11 is 0. The second kappa shape index (κ2) is 4.66. The molecule has 5 heteroatoms. The summed E-state index contributed by atoms with van der Waals surface area (Å²) in [7, 11) is 0. The third-order valence-electron chi connectivity index (χ3n) is 1.78. The predicted molar refractivity (Wildman–Crippen MR) is 51.0 cm³/mol. The van der Waals surface area contributed by atoms with Crippen LogP contribution in [0.3, 0.4) is 0 Å². The second-order valence-corrected chi connectivity index (χ2v) is 2.99. The first-order valence-corrected chi connectivity index (χ1v) is 4.26. The Labute approximate surface area is 81.3 Å². The number of nitrogens with two attached hydrogens (primary N) is 1. The van der Waals surface area contributed by atoms with Crippen molar-refractivity contribution in [1.82, 2.24) is 4.98 Å². The van der Waals surface area contributed by atoms with Crippen molar-refractivity contribution in [2.24, 2.45) is 11.7 Å². The van der Waals surface area contributed by atoms with Gasteiger partial charge in [0.05, 0.1) is 6.20 Å². The molecule has 0 radical (unpaired) electrons. The molecule has 0 aliphatic carbocycles. The summed E-state index contributed by atoms with van der Waals surface area (Å²) in [5.41, 5.74) is 5.31. The zero-order valence-electron chi connectivity index (χ0n) is 7.83. The number of halogens is 1. The Morgan fingerprint density at radius 2 is 2.43 bits per heavy atom. The first-order valence-electron chi connectivity index (χ1n) is 4.26. The lowest BCUT2D eigenvalue weighted by atomic mass is 10.2. The molecule has 1 amide bonds. The van der Waals surface area contributed by atoms with Crippen molar-refractivity contribution < 1.29 is 9.18 Å². The summed E-state index contributed by atoms with van der Waals surface area (Å²) in [5.74, 6) is -0.597. The number of carbonyl (C=O) groups is 1. The molecule has 3 N–H and O–H groups in total. The Bertz CT molecular complexity index is 312. The van der Waals surface area contributed by atoms with Crippen LogP contribution >= 0.6 is 0 Å². The molecule has 1 rings (SSSR count). The van der Waals surface area contributed by atoms with E-state index < -0.39 is 5.82 Å². The molecule has 0 aromatic carbocycles. The molecule has 0 bridgehead atoms. The van der Waals surface area contributed by atoms with E-state index in [-0.39, 0.29) is 18.4 Å². The van der Waals surface area contributed by atoms with Gasteiger partial charge in [-0.2, -0.15) is 0 Å². The number of aromatic nitrogens is 1. The van der Waals surface area contributed by atoms with E-state index in [1.807, 2.05) is 0 Å². The number of hydrogen-bond donors (Lipinski definition) is 2. The largest absolute Gasteiger partial charge is 0.330 e. The molecule has 4 nitrogen and oxygen atoms in total. The Kier molecular flexibility index (Phi) is 3.53. The molecule has 1 unspecified atom stereocenters. The number of anilines is 1. The normalized spacial score (nSPS) is 12.2. The molecule has 0 spiro atoms. The zero-order valence-corrected chi connectivity index (χ0v) is 7.83. The van der Waals surface area contributed by atoms with Gasteiger partial charge in [0.15, 0.2) is 0 Å². The molecule has 14 heavy (non-hydrogen) atoms. The second-order valence-electron chi connectivity index (χ2n) is 2.99. The van der Waals surface area contributed by atoms with Gasteiger partial charge < -0.3 is 11.1 Å². The van der Waals surface area contributed by atoms with Crippen LogP contribution in [0.4, 0.5) is 10.2 Å². The molecule has 1 atom stereocenters. The standard InChI is InChI=1S/C9H12FN3O/c1-6(4-11)9(14)13-8-3-2-7(10)5-12-8/h2-3,5-6H,4,11H2,1H3,(H,12,13,14). The fraction of sp³-hybridized carbons (Fsp3) is 0.333. The molecule has 0 fully saturated rings. The summed E-state index contributed by atoms with van der Waals surface area (Å²) in [6.07, 6.45) is 1.04. The third kappa shape index (κ3) is 2.77. The van der Waals surface area contributed by atoms with E-state index in [4.69, 9.17) is 5.73 Å². The van der Waals surface area contributed by atoms with Gasteiger partial charge in [-0.1, -0.05) is 6.92 Å². The van der Waals surface area contributed by atoms with Crippen LogP contribution in [0.1, 0.15) is 6.92 Å². The molecule has 0 saturated heterocycles. The summed E-state index contributed by atoms with van der Waals surface area (Å²) < 4.78 is 12.5. The number of nitrogens with zero attached hydrogens (tertiary/aromatic N) is 1. The number of pyridine rings is 1. The van der Waals surface area contributed by atoms with E-state index in [1.165, 1.54) is 12.1 Å². The highest BCUT2D eigenvalue weighted by molar-refractivity contribution is 5.91. The van der Waals surface area contributed by atoms with Crippen LogP contribution in [-0.4, -0.2) is 17.4 Å². The highest BCUT2D eigenvalue weighted by atomic mass is 19.1. The highest BCUT2D eigenvalue weighted by Crippen LogP contribution is 2.05. The smallest absolute Gasteiger partial charge is 0.229 e. The Balaban J connectivity index is 2.60. The van der Waals surface area contributed by atoms with E-state index in [1.54, 1.807) is 6.92 Å². The third-order valence-corrected chi connectivity index (χ3v) is 1.78. The minimum absolute atomic E-state index is 0.216. The molecule has 1 aromatic rings. The maximum atomic E-state index is 12.5. The average molecular weight is 197 g/mol. The van der Waals surface area contributed by atoms with E-state index in [0.717, 1.165) is 6.20 Å². The maximum absolute atomic E-state index is 12.5. The molecule has 76 valence electrons. The molecular formula is C9H12FN3O. The zero-order chi connectivity index (χ0) is 10.6. The van der Waals surface area contributed by atoms with Gasteiger partial charge in [0.25, 0.3) is 0 Å². The van der Waals surface area contributed by atoms with Crippen LogP contribution in [0, 0.1) is 11.7 Å². The monoisotopic (exact) mass is 197 g/mol. The molecule has 0 aliphatic heterocycles. The maximum Gasteiger partial charge on any atom is 0.229 e. The first kappa shape index (κ1) is 10.6. The van der Waals surface area contributed by atoms with Gasteiger partial charge in [0.1, 0.15) is 11.6 Å². The van der Waals surface area contributed by atoms with E-state index in [2.05, 4.69) is 10.3 Å². The number of nitrogens with one attached hydrogen (secondary N) is 1. The van der Waals surface area contributed by atoms with Crippen molar-refractivity contribution in [3.8, 4) is 0 Å². The lowest BCUT2D eigenvalue weighted by Gasteiger charge is -2.08. The Morgan fingerprint density at radius 1 is 1.71 bits per heavy atom. The lowest BCUT2D eigenvalue weighted by Crippen LogP contribution is -2.27. The topological polar surface area (TPSA) is 68.0 Å².